The zero-order chi connectivity index (χ0) is 15.9. The van der Waals surface area contributed by atoms with Gasteiger partial charge >= 0.3 is 6.36 Å². The Bertz CT molecular complexity index is 813. The molecular formula is C14H8F3IN2O2. The molecule has 0 bridgehead atoms. The lowest BCUT2D eigenvalue weighted by Gasteiger charge is -2.11. The lowest BCUT2D eigenvalue weighted by Crippen LogP contribution is -2.17. The number of imidazole rings is 1. The average Bonchev–Trinajstić information content (AvgIpc) is 2.84. The summed E-state index contributed by atoms with van der Waals surface area (Å²) in [4.78, 5) is 7.23. The zero-order valence-corrected chi connectivity index (χ0v) is 12.9. The first-order valence-corrected chi connectivity index (χ1v) is 7.15. The van der Waals surface area contributed by atoms with Gasteiger partial charge in [-0.05, 0) is 46.9 Å². The maximum absolute atomic E-state index is 12.4. The summed E-state index contributed by atoms with van der Waals surface area (Å²) in [6.45, 7) is 0. The third-order valence-electron chi connectivity index (χ3n) is 2.91. The van der Waals surface area contributed by atoms with Gasteiger partial charge in [-0.3, -0.25) is 0 Å². The monoisotopic (exact) mass is 420 g/mol. The van der Waals surface area contributed by atoms with Gasteiger partial charge in [0, 0.05) is 0 Å². The molecule has 0 spiro atoms. The summed E-state index contributed by atoms with van der Waals surface area (Å²) in [6, 6.07) is 9.34. The van der Waals surface area contributed by atoms with Crippen molar-refractivity contribution in [1.82, 2.24) is 9.97 Å². The Kier molecular flexibility index (Phi) is 3.63. The molecule has 0 aliphatic heterocycles. The van der Waals surface area contributed by atoms with Gasteiger partial charge in [-0.2, -0.15) is 0 Å². The first kappa shape index (κ1) is 14.9. The number of H-pyrrole nitrogens is 1. The second-order valence-electron chi connectivity index (χ2n) is 4.45. The van der Waals surface area contributed by atoms with Crippen LogP contribution in [0.3, 0.4) is 0 Å². The van der Waals surface area contributed by atoms with Crippen molar-refractivity contribution in [3.63, 3.8) is 0 Å². The summed E-state index contributed by atoms with van der Waals surface area (Å²) >= 11 is 1.73. The van der Waals surface area contributed by atoms with Crippen molar-refractivity contribution in [2.45, 2.75) is 6.36 Å². The van der Waals surface area contributed by atoms with Crippen LogP contribution >= 0.6 is 22.6 Å². The number of hydrogen-bond donors (Lipinski definition) is 2. The van der Waals surface area contributed by atoms with E-state index in [1.54, 1.807) is 46.9 Å². The molecule has 0 aliphatic rings. The number of hydrogen-bond acceptors (Lipinski definition) is 3. The van der Waals surface area contributed by atoms with Gasteiger partial charge in [-0.1, -0.05) is 12.1 Å². The van der Waals surface area contributed by atoms with Crippen LogP contribution in [0.15, 0.2) is 36.4 Å². The number of alkyl halides is 3. The van der Waals surface area contributed by atoms with Crippen molar-refractivity contribution in [2.75, 3.05) is 0 Å². The minimum atomic E-state index is -4.80. The molecule has 1 aromatic heterocycles. The summed E-state index contributed by atoms with van der Waals surface area (Å²) in [5, 5.41) is 10.1. The molecule has 22 heavy (non-hydrogen) atoms. The van der Waals surface area contributed by atoms with Gasteiger partial charge in [0.25, 0.3) is 0 Å². The fourth-order valence-electron chi connectivity index (χ4n) is 2.03. The molecule has 114 valence electrons. The summed E-state index contributed by atoms with van der Waals surface area (Å²) in [5.74, 6) is -0.302. The van der Waals surface area contributed by atoms with Crippen LogP contribution in [0.25, 0.3) is 22.4 Å². The number of ether oxygens (including phenoxy) is 1. The van der Waals surface area contributed by atoms with E-state index in [1.807, 2.05) is 0 Å². The quantitative estimate of drug-likeness (QED) is 0.603. The standard InChI is InChI=1S/C14H8F3IN2O2/c15-14(16,17)22-7-5-8(12(21)9(18)6-7)13-19-10-3-1-2-4-11(10)20-13/h1-6,21H,(H,19,20). The third kappa shape index (κ3) is 2.96. The molecule has 3 rings (SSSR count). The molecule has 4 nitrogen and oxygen atoms in total. The van der Waals surface area contributed by atoms with Gasteiger partial charge in [0.15, 0.2) is 0 Å². The Hall–Kier alpha value is -1.97. The number of aromatic amines is 1. The number of rotatable bonds is 2. The topological polar surface area (TPSA) is 58.1 Å². The Morgan fingerprint density at radius 3 is 2.59 bits per heavy atom. The highest BCUT2D eigenvalue weighted by Gasteiger charge is 2.32. The SMILES string of the molecule is Oc1c(I)cc(OC(F)(F)F)cc1-c1nc2ccccc2[nH]1. The van der Waals surface area contributed by atoms with E-state index in [2.05, 4.69) is 14.7 Å². The van der Waals surface area contributed by atoms with Gasteiger partial charge in [-0.25, -0.2) is 4.98 Å². The number of nitrogens with one attached hydrogen (secondary N) is 1. The molecular weight excluding hydrogens is 412 g/mol. The van der Waals surface area contributed by atoms with Gasteiger partial charge in [-0.15, -0.1) is 13.2 Å². The highest BCUT2D eigenvalue weighted by Crippen LogP contribution is 2.37. The first-order chi connectivity index (χ1) is 10.3. The van der Waals surface area contributed by atoms with E-state index in [-0.39, 0.29) is 20.7 Å². The van der Waals surface area contributed by atoms with Crippen LogP contribution in [0, 0.1) is 3.57 Å². The molecule has 0 saturated heterocycles. The van der Waals surface area contributed by atoms with E-state index in [0.717, 1.165) is 12.1 Å². The lowest BCUT2D eigenvalue weighted by molar-refractivity contribution is -0.274. The maximum Gasteiger partial charge on any atom is 0.573 e. The van der Waals surface area contributed by atoms with Crippen LogP contribution in [0.1, 0.15) is 0 Å². The molecule has 0 unspecified atom stereocenters. The fourth-order valence-corrected chi connectivity index (χ4v) is 2.63. The van der Waals surface area contributed by atoms with Crippen LogP contribution in [-0.4, -0.2) is 21.4 Å². The van der Waals surface area contributed by atoms with E-state index >= 15 is 0 Å². The Morgan fingerprint density at radius 1 is 1.18 bits per heavy atom. The Morgan fingerprint density at radius 2 is 1.91 bits per heavy atom. The Labute approximate surface area is 136 Å². The number of phenols is 1. The second-order valence-corrected chi connectivity index (χ2v) is 5.61. The highest BCUT2D eigenvalue weighted by atomic mass is 127. The number of nitrogens with zero attached hydrogens (tertiary/aromatic N) is 1. The molecule has 3 aromatic rings. The van der Waals surface area contributed by atoms with Gasteiger partial charge in [0.1, 0.15) is 17.3 Å². The van der Waals surface area contributed by atoms with Crippen LogP contribution in [0.5, 0.6) is 11.5 Å². The predicted molar refractivity (Wildman–Crippen MR) is 82.6 cm³/mol. The third-order valence-corrected chi connectivity index (χ3v) is 3.74. The van der Waals surface area contributed by atoms with Crippen molar-refractivity contribution in [3.05, 3.63) is 40.0 Å². The molecule has 1 heterocycles. The van der Waals surface area contributed by atoms with Crippen molar-refractivity contribution in [2.24, 2.45) is 0 Å². The largest absolute Gasteiger partial charge is 0.573 e. The number of aromatic hydroxyl groups is 1. The van der Waals surface area contributed by atoms with Crippen LogP contribution in [-0.2, 0) is 0 Å². The van der Waals surface area contributed by atoms with Crippen LogP contribution in [0.4, 0.5) is 13.2 Å². The van der Waals surface area contributed by atoms with Crippen molar-refractivity contribution < 1.29 is 23.0 Å². The minimum Gasteiger partial charge on any atom is -0.506 e. The number of phenolic OH excluding ortho intramolecular Hbond substituents is 1. The van der Waals surface area contributed by atoms with E-state index in [4.69, 9.17) is 0 Å². The summed E-state index contributed by atoms with van der Waals surface area (Å²) < 4.78 is 41.2. The maximum atomic E-state index is 12.4. The predicted octanol–water partition coefficient (Wildman–Crippen LogP) is 4.44. The summed E-state index contributed by atoms with van der Waals surface area (Å²) in [5.41, 5.74) is 1.51. The molecule has 0 fully saturated rings. The van der Waals surface area contributed by atoms with E-state index < -0.39 is 12.1 Å². The highest BCUT2D eigenvalue weighted by molar-refractivity contribution is 14.1. The smallest absolute Gasteiger partial charge is 0.506 e. The number of para-hydroxylation sites is 2. The number of aromatic nitrogens is 2. The van der Waals surface area contributed by atoms with Crippen molar-refractivity contribution >= 4 is 33.6 Å². The van der Waals surface area contributed by atoms with Gasteiger partial charge in [0.05, 0.1) is 20.2 Å². The molecule has 0 atom stereocenters. The second kappa shape index (κ2) is 5.34. The molecule has 2 aromatic carbocycles. The zero-order valence-electron chi connectivity index (χ0n) is 10.8. The first-order valence-electron chi connectivity index (χ1n) is 6.07. The lowest BCUT2D eigenvalue weighted by atomic mass is 10.2. The molecule has 0 amide bonds. The number of benzene rings is 2. The number of halogens is 4. The number of fused-ring (bicyclic) bond motifs is 1. The van der Waals surface area contributed by atoms with Crippen LogP contribution in [0.2, 0.25) is 0 Å². The van der Waals surface area contributed by atoms with E-state index in [1.165, 1.54) is 0 Å². The van der Waals surface area contributed by atoms with E-state index in [0.29, 0.717) is 11.0 Å². The van der Waals surface area contributed by atoms with E-state index in [9.17, 15) is 18.3 Å². The molecule has 2 N–H and O–H groups in total. The van der Waals surface area contributed by atoms with Crippen molar-refractivity contribution in [1.29, 1.82) is 0 Å². The van der Waals surface area contributed by atoms with Crippen molar-refractivity contribution in [3.8, 4) is 22.9 Å². The van der Waals surface area contributed by atoms with Gasteiger partial charge in [0.2, 0.25) is 0 Å². The normalized spacial score (nSPS) is 11.8. The summed E-state index contributed by atoms with van der Waals surface area (Å²) in [7, 11) is 0. The summed E-state index contributed by atoms with van der Waals surface area (Å²) in [6.07, 6.45) is -4.80. The fraction of sp³-hybridized carbons (Fsp3) is 0.0714. The minimum absolute atomic E-state index is 0.141. The Balaban J connectivity index is 2.12. The molecule has 0 radical (unpaired) electrons. The average molecular weight is 420 g/mol. The van der Waals surface area contributed by atoms with Gasteiger partial charge < -0.3 is 14.8 Å². The molecule has 8 heteroatoms. The van der Waals surface area contributed by atoms with Crippen LogP contribution < -0.4 is 4.74 Å². The molecule has 0 saturated carbocycles. The molecule has 0 aliphatic carbocycles.